The van der Waals surface area contributed by atoms with E-state index in [1.807, 2.05) is 39.2 Å². The number of aromatic nitrogens is 2. The van der Waals surface area contributed by atoms with Gasteiger partial charge >= 0.3 is 0 Å². The summed E-state index contributed by atoms with van der Waals surface area (Å²) in [6, 6.07) is 7.07. The molecule has 0 fully saturated rings. The summed E-state index contributed by atoms with van der Waals surface area (Å²) in [5.41, 5.74) is 1.47. The van der Waals surface area contributed by atoms with E-state index >= 15 is 0 Å². The molecule has 124 valence electrons. The molecule has 0 aliphatic heterocycles. The largest absolute Gasteiger partial charge is 0.490 e. The third-order valence-electron chi connectivity index (χ3n) is 3.39. The molecule has 6 heteroatoms. The molecule has 6 nitrogen and oxygen atoms in total. The fourth-order valence-electron chi connectivity index (χ4n) is 2.16. The van der Waals surface area contributed by atoms with Crippen molar-refractivity contribution in [2.45, 2.75) is 19.9 Å². The first-order valence-corrected chi connectivity index (χ1v) is 7.70. The number of nitrogens with one attached hydrogen (secondary N) is 1. The summed E-state index contributed by atoms with van der Waals surface area (Å²) in [5.74, 6) is 0.386. The van der Waals surface area contributed by atoms with Gasteiger partial charge in [-0.2, -0.15) is 5.10 Å². The van der Waals surface area contributed by atoms with Gasteiger partial charge in [0.1, 0.15) is 12.4 Å². The number of rotatable bonds is 8. The predicted octanol–water partition coefficient (Wildman–Crippen LogP) is 2.33. The second-order valence-electron chi connectivity index (χ2n) is 5.18. The van der Waals surface area contributed by atoms with E-state index in [-0.39, 0.29) is 11.9 Å². The SMILES string of the molecule is CCOCCOc1ccccc1C(=O)N[C@@H](C)c1cnn(C)c1. The number of amides is 1. The fraction of sp³-hybridized carbons (Fsp3) is 0.412. The summed E-state index contributed by atoms with van der Waals surface area (Å²) in [6.45, 7) is 5.41. The quantitative estimate of drug-likeness (QED) is 0.759. The molecule has 23 heavy (non-hydrogen) atoms. The van der Waals surface area contributed by atoms with Crippen LogP contribution in [-0.4, -0.2) is 35.5 Å². The van der Waals surface area contributed by atoms with Gasteiger partial charge in [0.15, 0.2) is 0 Å². The average molecular weight is 317 g/mol. The van der Waals surface area contributed by atoms with Gasteiger partial charge in [0.25, 0.3) is 5.91 Å². The second-order valence-corrected chi connectivity index (χ2v) is 5.18. The van der Waals surface area contributed by atoms with Gasteiger partial charge in [-0.1, -0.05) is 12.1 Å². The topological polar surface area (TPSA) is 65.4 Å². The zero-order chi connectivity index (χ0) is 16.7. The molecule has 0 saturated heterocycles. The highest BCUT2D eigenvalue weighted by atomic mass is 16.5. The molecule has 0 bridgehead atoms. The molecule has 2 rings (SSSR count). The van der Waals surface area contributed by atoms with E-state index in [9.17, 15) is 4.79 Å². The maximum atomic E-state index is 12.5. The van der Waals surface area contributed by atoms with Crippen LogP contribution < -0.4 is 10.1 Å². The van der Waals surface area contributed by atoms with Crippen LogP contribution in [0.5, 0.6) is 5.75 Å². The van der Waals surface area contributed by atoms with Crippen molar-refractivity contribution in [2.75, 3.05) is 19.8 Å². The number of nitrogens with zero attached hydrogens (tertiary/aromatic N) is 2. The van der Waals surface area contributed by atoms with Gasteiger partial charge in [0.2, 0.25) is 0 Å². The molecule has 0 aliphatic carbocycles. The Hall–Kier alpha value is -2.34. The second kappa shape index (κ2) is 8.33. The van der Waals surface area contributed by atoms with E-state index < -0.39 is 0 Å². The van der Waals surface area contributed by atoms with E-state index in [2.05, 4.69) is 10.4 Å². The first-order valence-electron chi connectivity index (χ1n) is 7.70. The Morgan fingerprint density at radius 2 is 2.13 bits per heavy atom. The maximum Gasteiger partial charge on any atom is 0.255 e. The van der Waals surface area contributed by atoms with Gasteiger partial charge in [-0.05, 0) is 26.0 Å². The summed E-state index contributed by atoms with van der Waals surface area (Å²) in [7, 11) is 1.85. The minimum absolute atomic E-state index is 0.132. The van der Waals surface area contributed by atoms with Crippen molar-refractivity contribution < 1.29 is 14.3 Å². The number of benzene rings is 1. The number of carbonyl (C=O) groups is 1. The van der Waals surface area contributed by atoms with Crippen molar-refractivity contribution in [1.82, 2.24) is 15.1 Å². The number of hydrogen-bond acceptors (Lipinski definition) is 4. The van der Waals surface area contributed by atoms with E-state index in [4.69, 9.17) is 9.47 Å². The third kappa shape index (κ3) is 4.82. The molecular formula is C17H23N3O3. The Labute approximate surface area is 136 Å². The van der Waals surface area contributed by atoms with Crippen LogP contribution in [0.1, 0.15) is 35.8 Å². The van der Waals surface area contributed by atoms with Crippen molar-refractivity contribution in [3.05, 3.63) is 47.8 Å². The third-order valence-corrected chi connectivity index (χ3v) is 3.39. The molecule has 1 N–H and O–H groups in total. The highest BCUT2D eigenvalue weighted by Gasteiger charge is 2.16. The van der Waals surface area contributed by atoms with Crippen LogP contribution in [0.25, 0.3) is 0 Å². The first kappa shape index (κ1) is 17.0. The monoisotopic (exact) mass is 317 g/mol. The van der Waals surface area contributed by atoms with Crippen LogP contribution >= 0.6 is 0 Å². The Morgan fingerprint density at radius 1 is 1.35 bits per heavy atom. The molecule has 1 amide bonds. The normalized spacial score (nSPS) is 12.0. The zero-order valence-corrected chi connectivity index (χ0v) is 13.8. The van der Waals surface area contributed by atoms with Crippen LogP contribution in [0.4, 0.5) is 0 Å². The minimum Gasteiger partial charge on any atom is -0.490 e. The van der Waals surface area contributed by atoms with Gasteiger partial charge in [-0.15, -0.1) is 0 Å². The van der Waals surface area contributed by atoms with Crippen molar-refractivity contribution >= 4 is 5.91 Å². The first-order chi connectivity index (χ1) is 11.1. The van der Waals surface area contributed by atoms with Gasteiger partial charge in [0.05, 0.1) is 24.4 Å². The summed E-state index contributed by atoms with van der Waals surface area (Å²) in [5, 5.41) is 7.08. The van der Waals surface area contributed by atoms with Gasteiger partial charge < -0.3 is 14.8 Å². The van der Waals surface area contributed by atoms with Crippen LogP contribution in [0.2, 0.25) is 0 Å². The number of carbonyl (C=O) groups excluding carboxylic acids is 1. The predicted molar refractivity (Wildman–Crippen MR) is 87.5 cm³/mol. The molecule has 1 aromatic carbocycles. The Bertz CT molecular complexity index is 640. The zero-order valence-electron chi connectivity index (χ0n) is 13.8. The van der Waals surface area contributed by atoms with Gasteiger partial charge in [-0.3, -0.25) is 9.48 Å². The molecule has 0 aliphatic rings. The standard InChI is InChI=1S/C17H23N3O3/c1-4-22-9-10-23-16-8-6-5-7-15(16)17(21)19-13(2)14-11-18-20(3)12-14/h5-8,11-13H,4,9-10H2,1-3H3,(H,19,21)/t13-/m0/s1. The van der Waals surface area contributed by atoms with Crippen molar-refractivity contribution in [1.29, 1.82) is 0 Å². The van der Waals surface area contributed by atoms with E-state index in [0.717, 1.165) is 5.56 Å². The summed E-state index contributed by atoms with van der Waals surface area (Å²) < 4.78 is 12.6. The lowest BCUT2D eigenvalue weighted by molar-refractivity contribution is 0.0923. The van der Waals surface area contributed by atoms with Crippen LogP contribution in [0, 0.1) is 0 Å². The lowest BCUT2D eigenvalue weighted by Crippen LogP contribution is -2.27. The van der Waals surface area contributed by atoms with Gasteiger partial charge in [0, 0.05) is 25.4 Å². The van der Waals surface area contributed by atoms with Crippen LogP contribution in [0.15, 0.2) is 36.7 Å². The molecule has 1 atom stereocenters. The average Bonchev–Trinajstić information content (AvgIpc) is 2.98. The number of aryl methyl sites for hydroxylation is 1. The van der Waals surface area contributed by atoms with E-state index in [0.29, 0.717) is 31.1 Å². The smallest absolute Gasteiger partial charge is 0.255 e. The highest BCUT2D eigenvalue weighted by Crippen LogP contribution is 2.19. The van der Waals surface area contributed by atoms with E-state index in [1.54, 1.807) is 23.0 Å². The Morgan fingerprint density at radius 3 is 2.83 bits per heavy atom. The lowest BCUT2D eigenvalue weighted by Gasteiger charge is -2.15. The number of hydrogen-bond donors (Lipinski definition) is 1. The Balaban J connectivity index is 2.01. The highest BCUT2D eigenvalue weighted by molar-refractivity contribution is 5.97. The molecule has 0 saturated carbocycles. The van der Waals surface area contributed by atoms with Gasteiger partial charge in [-0.25, -0.2) is 0 Å². The molecule has 0 unspecified atom stereocenters. The molecule has 0 spiro atoms. The summed E-state index contributed by atoms with van der Waals surface area (Å²) in [6.07, 6.45) is 3.63. The summed E-state index contributed by atoms with van der Waals surface area (Å²) >= 11 is 0. The van der Waals surface area contributed by atoms with Crippen molar-refractivity contribution in [3.63, 3.8) is 0 Å². The maximum absolute atomic E-state index is 12.5. The molecule has 1 aromatic heterocycles. The molecule has 2 aromatic rings. The lowest BCUT2D eigenvalue weighted by atomic mass is 10.1. The van der Waals surface area contributed by atoms with Crippen LogP contribution in [0.3, 0.4) is 0 Å². The van der Waals surface area contributed by atoms with Crippen LogP contribution in [-0.2, 0) is 11.8 Å². The van der Waals surface area contributed by atoms with Crippen molar-refractivity contribution in [3.8, 4) is 5.75 Å². The number of ether oxygens (including phenoxy) is 2. The minimum atomic E-state index is -0.173. The summed E-state index contributed by atoms with van der Waals surface area (Å²) in [4.78, 5) is 12.5. The molecular weight excluding hydrogens is 294 g/mol. The fourth-order valence-corrected chi connectivity index (χ4v) is 2.16. The molecule has 1 heterocycles. The van der Waals surface area contributed by atoms with Crippen molar-refractivity contribution in [2.24, 2.45) is 7.05 Å². The Kier molecular flexibility index (Phi) is 6.17. The molecule has 0 radical (unpaired) electrons. The van der Waals surface area contributed by atoms with E-state index in [1.165, 1.54) is 0 Å². The number of para-hydroxylation sites is 1.